The molecule has 1 unspecified atom stereocenters. The molecule has 0 bridgehead atoms. The van der Waals surface area contributed by atoms with Gasteiger partial charge in [0.15, 0.2) is 9.84 Å². The number of sulfone groups is 1. The Labute approximate surface area is 176 Å². The molecule has 0 aromatic carbocycles. The van der Waals surface area contributed by atoms with E-state index >= 15 is 0 Å². The van der Waals surface area contributed by atoms with Crippen molar-refractivity contribution in [1.29, 1.82) is 0 Å². The molecule has 0 N–H and O–H groups in total. The summed E-state index contributed by atoms with van der Waals surface area (Å²) >= 11 is 0. The molecule has 30 heavy (non-hydrogen) atoms. The molecule has 4 rings (SSSR count). The van der Waals surface area contributed by atoms with Gasteiger partial charge in [0.1, 0.15) is 6.54 Å². The summed E-state index contributed by atoms with van der Waals surface area (Å²) in [7, 11) is -3.17. The molecule has 2 heterocycles. The van der Waals surface area contributed by atoms with E-state index in [1.54, 1.807) is 0 Å². The van der Waals surface area contributed by atoms with Crippen LogP contribution in [0.4, 0.5) is 4.79 Å². The summed E-state index contributed by atoms with van der Waals surface area (Å²) in [5, 5.41) is 0. The van der Waals surface area contributed by atoms with Crippen LogP contribution in [0.1, 0.15) is 51.4 Å². The van der Waals surface area contributed by atoms with Crippen molar-refractivity contribution >= 4 is 33.6 Å². The SMILES string of the molecule is O=C1C(=O)N(CC(=O)N(C2CC2)C2CCS(=O)(=O)C2)C(=O)N1CCC1=CCCCC1. The smallest absolute Gasteiger partial charge is 0.334 e. The fourth-order valence-electron chi connectivity index (χ4n) is 4.54. The van der Waals surface area contributed by atoms with E-state index in [2.05, 4.69) is 6.08 Å². The lowest BCUT2D eigenvalue weighted by Gasteiger charge is -2.29. The molecule has 0 radical (unpaired) electrons. The maximum atomic E-state index is 12.9. The van der Waals surface area contributed by atoms with Gasteiger partial charge in [0.2, 0.25) is 5.91 Å². The lowest BCUT2D eigenvalue weighted by Crippen LogP contribution is -2.49. The van der Waals surface area contributed by atoms with Gasteiger partial charge in [-0.25, -0.2) is 18.1 Å². The first-order valence-corrected chi connectivity index (χ1v) is 12.5. The monoisotopic (exact) mass is 437 g/mol. The third-order valence-corrected chi connectivity index (χ3v) is 8.05. The Morgan fingerprint density at radius 2 is 1.77 bits per heavy atom. The van der Waals surface area contributed by atoms with Crippen LogP contribution in [0.25, 0.3) is 0 Å². The molecule has 5 amide bonds. The molecule has 2 aliphatic carbocycles. The topological polar surface area (TPSA) is 112 Å². The summed E-state index contributed by atoms with van der Waals surface area (Å²) in [5.74, 6) is -2.40. The second kappa shape index (κ2) is 8.13. The van der Waals surface area contributed by atoms with Gasteiger partial charge in [-0.15, -0.1) is 0 Å². The van der Waals surface area contributed by atoms with Gasteiger partial charge in [-0.3, -0.25) is 19.3 Å². The number of carbonyl (C=O) groups is 4. The van der Waals surface area contributed by atoms with Gasteiger partial charge in [-0.2, -0.15) is 0 Å². The average molecular weight is 438 g/mol. The molecular formula is C20H27N3O6S. The number of carbonyl (C=O) groups excluding carboxylic acids is 4. The zero-order valence-electron chi connectivity index (χ0n) is 16.9. The predicted molar refractivity (Wildman–Crippen MR) is 107 cm³/mol. The van der Waals surface area contributed by atoms with Crippen LogP contribution in [0, 0.1) is 0 Å². The van der Waals surface area contributed by atoms with Gasteiger partial charge in [0, 0.05) is 18.6 Å². The largest absolute Gasteiger partial charge is 0.334 e. The molecule has 4 aliphatic rings. The normalized spacial score (nSPS) is 26.3. The van der Waals surface area contributed by atoms with Crippen molar-refractivity contribution in [3.63, 3.8) is 0 Å². The molecule has 0 aromatic rings. The van der Waals surface area contributed by atoms with E-state index in [0.29, 0.717) is 17.7 Å². The summed E-state index contributed by atoms with van der Waals surface area (Å²) in [6.45, 7) is -0.386. The number of hydrogen-bond donors (Lipinski definition) is 0. The predicted octanol–water partition coefficient (Wildman–Crippen LogP) is 0.846. The first kappa shape index (κ1) is 21.0. The zero-order chi connectivity index (χ0) is 21.5. The van der Waals surface area contributed by atoms with Crippen molar-refractivity contribution in [2.24, 2.45) is 0 Å². The Morgan fingerprint density at radius 3 is 2.37 bits per heavy atom. The number of amides is 5. The summed E-state index contributed by atoms with van der Waals surface area (Å²) < 4.78 is 23.7. The second-order valence-corrected chi connectivity index (χ2v) is 10.8. The molecule has 1 saturated carbocycles. The van der Waals surface area contributed by atoms with Gasteiger partial charge in [0.05, 0.1) is 11.5 Å². The lowest BCUT2D eigenvalue weighted by molar-refractivity contribution is -0.145. The van der Waals surface area contributed by atoms with E-state index in [1.807, 2.05) is 0 Å². The molecule has 164 valence electrons. The molecule has 1 atom stereocenters. The Kier molecular flexibility index (Phi) is 5.69. The third kappa shape index (κ3) is 4.28. The highest BCUT2D eigenvalue weighted by molar-refractivity contribution is 7.91. The van der Waals surface area contributed by atoms with Gasteiger partial charge in [-0.05, 0) is 51.4 Å². The van der Waals surface area contributed by atoms with E-state index in [4.69, 9.17) is 0 Å². The van der Waals surface area contributed by atoms with Gasteiger partial charge in [0.25, 0.3) is 0 Å². The fourth-order valence-corrected chi connectivity index (χ4v) is 6.26. The first-order chi connectivity index (χ1) is 14.3. The Balaban J connectivity index is 1.41. The van der Waals surface area contributed by atoms with Crippen molar-refractivity contribution in [2.75, 3.05) is 24.6 Å². The number of imide groups is 2. The first-order valence-electron chi connectivity index (χ1n) is 10.6. The Bertz CT molecular complexity index is 908. The third-order valence-electron chi connectivity index (χ3n) is 6.30. The molecule has 9 nitrogen and oxygen atoms in total. The number of rotatable bonds is 7. The second-order valence-electron chi connectivity index (χ2n) is 8.58. The van der Waals surface area contributed by atoms with Crippen LogP contribution in [0.5, 0.6) is 0 Å². The highest BCUT2D eigenvalue weighted by atomic mass is 32.2. The zero-order valence-corrected chi connectivity index (χ0v) is 17.7. The summed E-state index contributed by atoms with van der Waals surface area (Å²) in [5.41, 5.74) is 1.19. The van der Waals surface area contributed by atoms with E-state index < -0.39 is 46.2 Å². The number of nitrogens with zero attached hydrogens (tertiary/aromatic N) is 3. The quantitative estimate of drug-likeness (QED) is 0.332. The Morgan fingerprint density at radius 1 is 1.03 bits per heavy atom. The van der Waals surface area contributed by atoms with Crippen molar-refractivity contribution in [2.45, 2.75) is 63.5 Å². The molecular weight excluding hydrogens is 410 g/mol. The van der Waals surface area contributed by atoms with E-state index in [1.165, 1.54) is 10.5 Å². The number of urea groups is 1. The molecule has 10 heteroatoms. The lowest BCUT2D eigenvalue weighted by atomic mass is 9.97. The summed E-state index contributed by atoms with van der Waals surface area (Å²) in [4.78, 5) is 53.5. The Hall–Kier alpha value is -2.23. The van der Waals surface area contributed by atoms with Crippen LogP contribution < -0.4 is 0 Å². The minimum atomic E-state index is -3.17. The maximum Gasteiger partial charge on any atom is 0.334 e. The molecule has 2 aliphatic heterocycles. The molecule has 2 saturated heterocycles. The van der Waals surface area contributed by atoms with Crippen LogP contribution >= 0.6 is 0 Å². The van der Waals surface area contributed by atoms with E-state index in [-0.39, 0.29) is 24.1 Å². The number of hydrogen-bond acceptors (Lipinski definition) is 6. The minimum Gasteiger partial charge on any atom is -0.334 e. The summed E-state index contributed by atoms with van der Waals surface area (Å²) in [6, 6.07) is -1.23. The van der Waals surface area contributed by atoms with Gasteiger partial charge in [-0.1, -0.05) is 11.6 Å². The van der Waals surface area contributed by atoms with Crippen LogP contribution in [-0.2, 0) is 24.2 Å². The van der Waals surface area contributed by atoms with Crippen LogP contribution in [0.2, 0.25) is 0 Å². The molecule has 0 aromatic heterocycles. The summed E-state index contributed by atoms with van der Waals surface area (Å²) in [6.07, 6.45) is 8.75. The van der Waals surface area contributed by atoms with Crippen molar-refractivity contribution in [3.05, 3.63) is 11.6 Å². The van der Waals surface area contributed by atoms with Crippen LogP contribution in [0.3, 0.4) is 0 Å². The minimum absolute atomic E-state index is 0.0395. The van der Waals surface area contributed by atoms with Crippen LogP contribution in [-0.4, -0.2) is 83.5 Å². The maximum absolute atomic E-state index is 12.9. The molecule has 3 fully saturated rings. The van der Waals surface area contributed by atoms with Crippen molar-refractivity contribution in [3.8, 4) is 0 Å². The van der Waals surface area contributed by atoms with Crippen molar-refractivity contribution in [1.82, 2.24) is 14.7 Å². The fraction of sp³-hybridized carbons (Fsp3) is 0.700. The van der Waals surface area contributed by atoms with E-state index in [9.17, 15) is 27.6 Å². The standard InChI is InChI=1S/C20H27N3O6S/c24-17(23(15-6-7-15)16-9-11-30(28,29)13-16)12-22-19(26)18(25)21(20(22)27)10-8-14-4-2-1-3-5-14/h4,15-16H,1-3,5-13H2. The molecule has 0 spiro atoms. The highest BCUT2D eigenvalue weighted by Crippen LogP contribution is 2.32. The van der Waals surface area contributed by atoms with Gasteiger partial charge < -0.3 is 4.90 Å². The van der Waals surface area contributed by atoms with Crippen molar-refractivity contribution < 1.29 is 27.6 Å². The highest BCUT2D eigenvalue weighted by Gasteiger charge is 2.48. The van der Waals surface area contributed by atoms with Gasteiger partial charge >= 0.3 is 17.8 Å². The number of allylic oxidation sites excluding steroid dienone is 1. The average Bonchev–Trinajstić information content (AvgIpc) is 3.44. The van der Waals surface area contributed by atoms with E-state index in [0.717, 1.165) is 43.4 Å². The van der Waals surface area contributed by atoms with Crippen LogP contribution in [0.15, 0.2) is 11.6 Å².